The van der Waals surface area contributed by atoms with Crippen LogP contribution in [0.4, 0.5) is 5.00 Å². The van der Waals surface area contributed by atoms with Crippen LogP contribution < -0.4 is 20.1 Å². The molecule has 2 amide bonds. The molecule has 0 aliphatic carbocycles. The summed E-state index contributed by atoms with van der Waals surface area (Å²) in [7, 11) is 0. The van der Waals surface area contributed by atoms with Gasteiger partial charge in [0.05, 0.1) is 37.7 Å². The molecule has 2 aromatic heterocycles. The number of nitrogens with zero attached hydrogens (tertiary/aromatic N) is 3. The summed E-state index contributed by atoms with van der Waals surface area (Å²) in [4.78, 5) is 51.2. The molecule has 4 aromatic rings. The molecule has 0 bridgehead atoms. The van der Waals surface area contributed by atoms with Gasteiger partial charge in [-0.1, -0.05) is 30.0 Å². The van der Waals surface area contributed by atoms with E-state index < -0.39 is 17.8 Å². The molecule has 0 spiro atoms. The largest absolute Gasteiger partial charge is 0.494 e. The van der Waals surface area contributed by atoms with Crippen molar-refractivity contribution in [2.75, 3.05) is 37.5 Å². The molecule has 15 heteroatoms. The molecule has 0 aliphatic heterocycles. The summed E-state index contributed by atoms with van der Waals surface area (Å²) < 4.78 is 23.1. The topological polar surface area (TPSA) is 160 Å². The molecule has 0 fully saturated rings. The van der Waals surface area contributed by atoms with Gasteiger partial charge in [-0.25, -0.2) is 9.59 Å². The first-order chi connectivity index (χ1) is 22.7. The molecule has 0 saturated carbocycles. The SMILES string of the molecule is CCOC(=O)c1sc(NC(=O)CSc2nnc(CNC(=O)COc3ccccc3)n2-c2ccc(OCC)cc2)c(C(=O)OCC)c1C. The van der Waals surface area contributed by atoms with Crippen LogP contribution in [0.5, 0.6) is 11.5 Å². The fraction of sp³-hybridized carbons (Fsp3) is 0.312. The van der Waals surface area contributed by atoms with E-state index in [4.69, 9.17) is 18.9 Å². The summed E-state index contributed by atoms with van der Waals surface area (Å²) in [5, 5.41) is 14.7. The van der Waals surface area contributed by atoms with Gasteiger partial charge in [-0.05, 0) is 69.7 Å². The fourth-order valence-electron chi connectivity index (χ4n) is 4.25. The van der Waals surface area contributed by atoms with Gasteiger partial charge in [0, 0.05) is 5.69 Å². The van der Waals surface area contributed by atoms with Crippen LogP contribution in [0, 0.1) is 6.92 Å². The van der Waals surface area contributed by atoms with Crippen molar-refractivity contribution in [3.8, 4) is 17.2 Å². The van der Waals surface area contributed by atoms with Crippen LogP contribution in [0.25, 0.3) is 5.69 Å². The number of aromatic nitrogens is 3. The lowest BCUT2D eigenvalue weighted by Crippen LogP contribution is -2.29. The third-order valence-corrected chi connectivity index (χ3v) is 8.45. The number of carbonyl (C=O) groups excluding carboxylic acids is 4. The minimum Gasteiger partial charge on any atom is -0.494 e. The number of thioether (sulfide) groups is 1. The van der Waals surface area contributed by atoms with Crippen LogP contribution in [-0.4, -0.2) is 70.7 Å². The Morgan fingerprint density at radius 2 is 1.51 bits per heavy atom. The van der Waals surface area contributed by atoms with Crippen molar-refractivity contribution >= 4 is 51.9 Å². The lowest BCUT2D eigenvalue weighted by Gasteiger charge is -2.12. The fourth-order valence-corrected chi connectivity index (χ4v) is 6.13. The van der Waals surface area contributed by atoms with E-state index in [1.807, 2.05) is 37.3 Å². The van der Waals surface area contributed by atoms with E-state index in [0.717, 1.165) is 23.1 Å². The summed E-state index contributed by atoms with van der Waals surface area (Å²) >= 11 is 2.05. The van der Waals surface area contributed by atoms with Gasteiger partial charge in [0.1, 0.15) is 21.4 Å². The first kappa shape index (κ1) is 35.0. The molecule has 248 valence electrons. The zero-order valence-electron chi connectivity index (χ0n) is 26.4. The molecule has 47 heavy (non-hydrogen) atoms. The minimum absolute atomic E-state index is 0.0396. The molecule has 4 rings (SSSR count). The lowest BCUT2D eigenvalue weighted by molar-refractivity contribution is -0.123. The Labute approximate surface area is 280 Å². The molecule has 0 radical (unpaired) electrons. The minimum atomic E-state index is -0.657. The van der Waals surface area contributed by atoms with E-state index in [9.17, 15) is 19.2 Å². The van der Waals surface area contributed by atoms with Crippen molar-refractivity contribution in [1.29, 1.82) is 0 Å². The van der Waals surface area contributed by atoms with Crippen molar-refractivity contribution in [2.45, 2.75) is 39.4 Å². The molecule has 0 saturated heterocycles. The number of para-hydroxylation sites is 1. The van der Waals surface area contributed by atoms with Crippen LogP contribution in [0.2, 0.25) is 0 Å². The molecule has 2 aromatic carbocycles. The van der Waals surface area contributed by atoms with E-state index in [0.29, 0.717) is 40.3 Å². The summed E-state index contributed by atoms with van der Waals surface area (Å²) in [5.41, 5.74) is 1.15. The zero-order valence-corrected chi connectivity index (χ0v) is 28.0. The summed E-state index contributed by atoms with van der Waals surface area (Å²) in [6.45, 7) is 7.48. The van der Waals surface area contributed by atoms with Gasteiger partial charge in [-0.15, -0.1) is 21.5 Å². The Morgan fingerprint density at radius 3 is 2.19 bits per heavy atom. The Bertz CT molecular complexity index is 1690. The van der Waals surface area contributed by atoms with E-state index in [1.165, 1.54) is 0 Å². The highest BCUT2D eigenvalue weighted by atomic mass is 32.2. The van der Waals surface area contributed by atoms with Gasteiger partial charge in [-0.3, -0.25) is 14.2 Å². The Balaban J connectivity index is 1.51. The highest BCUT2D eigenvalue weighted by molar-refractivity contribution is 7.99. The van der Waals surface area contributed by atoms with Crippen molar-refractivity contribution < 1.29 is 38.1 Å². The Hall–Kier alpha value is -4.89. The van der Waals surface area contributed by atoms with Crippen molar-refractivity contribution in [1.82, 2.24) is 20.1 Å². The van der Waals surface area contributed by atoms with Gasteiger partial charge >= 0.3 is 11.9 Å². The maximum atomic E-state index is 13.2. The number of esters is 2. The number of amides is 2. The number of benzene rings is 2. The molecular formula is C32H35N5O8S2. The number of nitrogens with one attached hydrogen (secondary N) is 2. The highest BCUT2D eigenvalue weighted by Crippen LogP contribution is 2.35. The lowest BCUT2D eigenvalue weighted by atomic mass is 10.1. The summed E-state index contributed by atoms with van der Waals surface area (Å²) in [6.07, 6.45) is 0. The molecular weight excluding hydrogens is 647 g/mol. The van der Waals surface area contributed by atoms with Gasteiger partial charge in [-0.2, -0.15) is 0 Å². The van der Waals surface area contributed by atoms with Gasteiger partial charge in [0.25, 0.3) is 5.91 Å². The second-order valence-electron chi connectivity index (χ2n) is 9.58. The summed E-state index contributed by atoms with van der Waals surface area (Å²) in [5.74, 6) is -0.497. The van der Waals surface area contributed by atoms with E-state index in [2.05, 4.69) is 20.8 Å². The third kappa shape index (κ3) is 9.33. The average Bonchev–Trinajstić information content (AvgIpc) is 3.63. The highest BCUT2D eigenvalue weighted by Gasteiger charge is 2.27. The van der Waals surface area contributed by atoms with E-state index >= 15 is 0 Å². The zero-order chi connectivity index (χ0) is 33.8. The molecule has 2 N–H and O–H groups in total. The van der Waals surface area contributed by atoms with Crippen LogP contribution in [0.3, 0.4) is 0 Å². The molecule has 0 atom stereocenters. The first-order valence-corrected chi connectivity index (χ1v) is 16.6. The van der Waals surface area contributed by atoms with Gasteiger partial charge in [0.15, 0.2) is 17.6 Å². The van der Waals surface area contributed by atoms with Crippen molar-refractivity contribution in [3.63, 3.8) is 0 Å². The Kier molecular flexibility index (Phi) is 12.8. The number of carbonyl (C=O) groups is 4. The van der Waals surface area contributed by atoms with Gasteiger partial charge < -0.3 is 29.6 Å². The Morgan fingerprint density at radius 1 is 0.830 bits per heavy atom. The van der Waals surface area contributed by atoms with Crippen LogP contribution in [0.15, 0.2) is 59.8 Å². The third-order valence-electron chi connectivity index (χ3n) is 6.34. The van der Waals surface area contributed by atoms with Crippen molar-refractivity contribution in [2.24, 2.45) is 0 Å². The number of ether oxygens (including phenoxy) is 4. The first-order valence-electron chi connectivity index (χ1n) is 14.8. The van der Waals surface area contributed by atoms with Crippen LogP contribution >= 0.6 is 23.1 Å². The van der Waals surface area contributed by atoms with Gasteiger partial charge in [0.2, 0.25) is 5.91 Å². The average molecular weight is 682 g/mol. The normalized spacial score (nSPS) is 10.6. The quantitative estimate of drug-likeness (QED) is 0.123. The maximum absolute atomic E-state index is 13.2. The second kappa shape index (κ2) is 17.1. The van der Waals surface area contributed by atoms with E-state index in [1.54, 1.807) is 49.6 Å². The smallest absolute Gasteiger partial charge is 0.348 e. The number of hydrogen-bond donors (Lipinski definition) is 2. The number of thiophene rings is 1. The summed E-state index contributed by atoms with van der Waals surface area (Å²) in [6, 6.07) is 16.2. The predicted octanol–water partition coefficient (Wildman–Crippen LogP) is 4.82. The van der Waals surface area contributed by atoms with E-state index in [-0.39, 0.29) is 53.5 Å². The monoisotopic (exact) mass is 681 g/mol. The van der Waals surface area contributed by atoms with Crippen LogP contribution in [-0.2, 0) is 25.6 Å². The van der Waals surface area contributed by atoms with Crippen LogP contribution in [0.1, 0.15) is 52.2 Å². The number of rotatable bonds is 16. The standard InChI is InChI=1S/C32H35N5O8S2/c1-5-42-23-15-13-21(14-16-23)37-24(17-33-25(38)18-45-22-11-9-8-10-12-22)35-36-32(37)46-19-26(39)34-29-27(30(40)43-6-2)20(4)28(47-29)31(41)44-7-3/h8-16H,5-7,17-19H2,1-4H3,(H,33,38)(H,34,39). The predicted molar refractivity (Wildman–Crippen MR) is 177 cm³/mol. The molecule has 0 aliphatic rings. The van der Waals surface area contributed by atoms with Crippen molar-refractivity contribution in [3.05, 3.63) is 76.4 Å². The maximum Gasteiger partial charge on any atom is 0.348 e. The molecule has 0 unspecified atom stereocenters. The second-order valence-corrected chi connectivity index (χ2v) is 11.5. The number of hydrogen-bond acceptors (Lipinski definition) is 12. The number of anilines is 1. The molecule has 2 heterocycles. The molecule has 13 nitrogen and oxygen atoms in total.